The molecule has 0 amide bonds. The number of hydrogen-bond donors (Lipinski definition) is 3. The topological polar surface area (TPSA) is 60.7 Å². The third-order valence-electron chi connectivity index (χ3n) is 5.21. The van der Waals surface area contributed by atoms with Gasteiger partial charge in [0.2, 0.25) is 0 Å². The van der Waals surface area contributed by atoms with Gasteiger partial charge in [-0.1, -0.05) is 0 Å². The Morgan fingerprint density at radius 3 is 0.744 bits per heavy atom. The minimum Gasteiger partial charge on any atom is -0.354 e. The van der Waals surface area contributed by atoms with Crippen LogP contribution in [0.4, 0.5) is 114 Å². The van der Waals surface area contributed by atoms with Gasteiger partial charge in [-0.05, 0) is 0 Å². The van der Waals surface area contributed by atoms with E-state index in [0.717, 1.165) is 0 Å². The molecule has 0 fully saturated rings. The molecule has 29 heteroatoms. The Morgan fingerprint density at radius 2 is 0.535 bits per heavy atom. The van der Waals surface area contributed by atoms with Crippen LogP contribution < -0.4 is 0 Å². The van der Waals surface area contributed by atoms with E-state index >= 15 is 0 Å². The molecule has 1 radical (unpaired) electrons. The zero-order valence-corrected chi connectivity index (χ0v) is 18.2. The Hall–Kier alpha value is -1.94. The summed E-state index contributed by atoms with van der Waals surface area (Å²) in [5.74, 6) is -73.8. The molecule has 3 nitrogen and oxygen atoms in total. The Bertz CT molecular complexity index is 1020. The molecule has 43 heavy (non-hydrogen) atoms. The third kappa shape index (κ3) is 4.62. The average Bonchev–Trinajstić information content (AvgIpc) is 2.73. The van der Waals surface area contributed by atoms with Crippen molar-refractivity contribution in [3.63, 3.8) is 0 Å². The summed E-state index contributed by atoms with van der Waals surface area (Å²) in [6.45, 7) is 0. The van der Waals surface area contributed by atoms with Crippen molar-refractivity contribution < 1.29 is 129 Å². The summed E-state index contributed by atoms with van der Waals surface area (Å²) in [4.78, 5) is 0. The van der Waals surface area contributed by atoms with E-state index in [0.29, 0.717) is 0 Å². The molecule has 0 heterocycles. The third-order valence-corrected chi connectivity index (χ3v) is 5.21. The van der Waals surface area contributed by atoms with Crippen LogP contribution in [-0.2, 0) is 0 Å². The summed E-state index contributed by atoms with van der Waals surface area (Å²) in [6.07, 6.45) is -32.3. The van der Waals surface area contributed by atoms with Gasteiger partial charge in [0.25, 0.3) is 0 Å². The van der Waals surface area contributed by atoms with Crippen LogP contribution in [0, 0.1) is 6.43 Å². The van der Waals surface area contributed by atoms with Gasteiger partial charge in [-0.2, -0.15) is 96.6 Å². The monoisotopic (exact) mass is 713 g/mol. The van der Waals surface area contributed by atoms with E-state index in [1.807, 2.05) is 0 Å². The number of hydrogen-bond acceptors (Lipinski definition) is 3. The van der Waals surface area contributed by atoms with Crippen molar-refractivity contribution in [2.45, 2.75) is 77.0 Å². The highest BCUT2D eigenvalue weighted by Crippen LogP contribution is 2.69. The molecule has 5 atom stereocenters. The summed E-state index contributed by atoms with van der Waals surface area (Å²) in [6, 6.07) is 0. The highest BCUT2D eigenvalue weighted by Gasteiger charge is 3.03. The second-order valence-electron chi connectivity index (χ2n) is 7.81. The Balaban J connectivity index is 8.34. The fourth-order valence-corrected chi connectivity index (χ4v) is 2.75. The second kappa shape index (κ2) is 9.78. The van der Waals surface area contributed by atoms with Gasteiger partial charge in [-0.15, -0.1) is 0 Å². The zero-order valence-electron chi connectivity index (χ0n) is 18.2. The standard InChI is InChI=1S/C14H3F26O3/c15-1(16)2(17,18)9(29,41)5(21,22)3(19,12(32,33)34)10(30,42)6(23,24)4(20,13(35,36)37)11(31,43)7(25,26)8(27,28)14(38,39)40/h41-43H. The minimum absolute atomic E-state index is 5.49. The van der Waals surface area contributed by atoms with Gasteiger partial charge in [-0.25, -0.2) is 17.6 Å². The first-order valence-corrected chi connectivity index (χ1v) is 8.83. The zero-order chi connectivity index (χ0) is 36.1. The molecule has 0 saturated carbocycles. The first-order valence-electron chi connectivity index (χ1n) is 8.83. The lowest BCUT2D eigenvalue weighted by Gasteiger charge is -2.52. The van der Waals surface area contributed by atoms with Crippen LogP contribution in [0.3, 0.4) is 0 Å². The lowest BCUT2D eigenvalue weighted by Crippen LogP contribution is -2.86. The predicted molar refractivity (Wildman–Crippen MR) is 74.2 cm³/mol. The molecule has 3 N–H and O–H groups in total. The van der Waals surface area contributed by atoms with Crippen molar-refractivity contribution in [2.24, 2.45) is 0 Å². The summed E-state index contributed by atoms with van der Waals surface area (Å²) >= 11 is 0. The molecule has 0 saturated heterocycles. The van der Waals surface area contributed by atoms with Gasteiger partial charge < -0.3 is 15.3 Å². The van der Waals surface area contributed by atoms with Crippen molar-refractivity contribution in [1.29, 1.82) is 0 Å². The van der Waals surface area contributed by atoms with Gasteiger partial charge in [-0.3, -0.25) is 0 Å². The highest BCUT2D eigenvalue weighted by molar-refractivity contribution is 5.27. The largest absolute Gasteiger partial charge is 0.460 e. The van der Waals surface area contributed by atoms with Crippen LogP contribution in [0.2, 0.25) is 0 Å². The van der Waals surface area contributed by atoms with Crippen molar-refractivity contribution in [3.8, 4) is 0 Å². The molecule has 259 valence electrons. The quantitative estimate of drug-likeness (QED) is 0.222. The molecule has 0 aromatic rings. The fourth-order valence-electron chi connectivity index (χ4n) is 2.75. The maximum atomic E-state index is 14.4. The summed E-state index contributed by atoms with van der Waals surface area (Å²) in [5, 5.41) is 25.1. The first-order chi connectivity index (χ1) is 17.9. The van der Waals surface area contributed by atoms with Gasteiger partial charge in [0.1, 0.15) is 0 Å². The normalized spacial score (nSPS) is 22.7. The van der Waals surface area contributed by atoms with Crippen LogP contribution in [0.1, 0.15) is 0 Å². The molecule has 0 bridgehead atoms. The maximum absolute atomic E-state index is 14.4. The molecule has 0 aliphatic carbocycles. The molecular weight excluding hydrogens is 710 g/mol. The number of alkyl halides is 24. The lowest BCUT2D eigenvalue weighted by atomic mass is 9.71. The molecule has 0 spiro atoms. The smallest absolute Gasteiger partial charge is 0.354 e. The molecule has 0 aliphatic rings. The van der Waals surface area contributed by atoms with Crippen molar-refractivity contribution in [2.75, 3.05) is 0 Å². The fraction of sp³-hybridized carbons (Fsp3) is 0.929. The van der Waals surface area contributed by atoms with Crippen LogP contribution >= 0.6 is 0 Å². The molecule has 0 aromatic heterocycles. The molecular formula is C14H3F26O3. The molecule has 0 rings (SSSR count). The highest BCUT2D eigenvalue weighted by atomic mass is 19.4. The maximum Gasteiger partial charge on any atom is 0.460 e. The van der Waals surface area contributed by atoms with Crippen LogP contribution in [-0.4, -0.2) is 92.4 Å². The average molecular weight is 713 g/mol. The van der Waals surface area contributed by atoms with E-state index in [4.69, 9.17) is 15.3 Å². The van der Waals surface area contributed by atoms with Crippen LogP contribution in [0.5, 0.6) is 0 Å². The van der Waals surface area contributed by atoms with E-state index in [-0.39, 0.29) is 0 Å². The summed E-state index contributed by atoms with van der Waals surface area (Å²) in [5.41, 5.74) is -19.8. The van der Waals surface area contributed by atoms with Gasteiger partial charge >= 0.3 is 83.5 Å². The van der Waals surface area contributed by atoms with E-state index in [1.165, 1.54) is 0 Å². The summed E-state index contributed by atoms with van der Waals surface area (Å²) < 4.78 is 345. The minimum atomic E-state index is -10.1. The SMILES string of the molecule is OC(F)(C(F)(F)[C](F)F)C(F)(F)C(F)(C(F)(F)F)C(O)(F)C(F)(F)C(F)(C(F)(F)F)C(O)(F)C(F)(F)C(F)(F)C(F)(F)F. The second-order valence-corrected chi connectivity index (χ2v) is 7.81. The van der Waals surface area contributed by atoms with E-state index in [2.05, 4.69) is 0 Å². The predicted octanol–water partition coefficient (Wildman–Crippen LogP) is 6.67. The number of rotatable bonds is 10. The van der Waals surface area contributed by atoms with Crippen LogP contribution in [0.15, 0.2) is 0 Å². The van der Waals surface area contributed by atoms with Crippen LogP contribution in [0.25, 0.3) is 0 Å². The summed E-state index contributed by atoms with van der Waals surface area (Å²) in [7, 11) is 0. The Labute approximate surface area is 214 Å². The molecule has 0 aromatic carbocycles. The van der Waals surface area contributed by atoms with Crippen molar-refractivity contribution in [1.82, 2.24) is 0 Å². The van der Waals surface area contributed by atoms with Crippen molar-refractivity contribution >= 4 is 0 Å². The first kappa shape index (κ1) is 41.1. The number of halogens is 26. The van der Waals surface area contributed by atoms with Crippen molar-refractivity contribution in [3.05, 3.63) is 6.43 Å². The number of aliphatic hydroxyl groups is 3. The van der Waals surface area contributed by atoms with E-state index in [9.17, 15) is 114 Å². The Kier molecular flexibility index (Phi) is 9.34. The van der Waals surface area contributed by atoms with Gasteiger partial charge in [0.05, 0.1) is 0 Å². The Morgan fingerprint density at radius 1 is 0.302 bits per heavy atom. The lowest BCUT2D eigenvalue weighted by molar-refractivity contribution is -0.516. The van der Waals surface area contributed by atoms with E-state index < -0.39 is 83.5 Å². The molecule has 5 unspecified atom stereocenters. The van der Waals surface area contributed by atoms with E-state index in [1.54, 1.807) is 0 Å². The molecule has 0 aliphatic heterocycles. The van der Waals surface area contributed by atoms with Gasteiger partial charge in [0, 0.05) is 0 Å². The van der Waals surface area contributed by atoms with Gasteiger partial charge in [0.15, 0.2) is 0 Å².